The minimum atomic E-state index is 0.125. The Hall–Kier alpha value is -8.08. The topological polar surface area (TPSA) is 176 Å². The van der Waals surface area contributed by atoms with Crippen LogP contribution in [0.15, 0.2) is 121 Å². The Kier molecular flexibility index (Phi) is 7.46. The Morgan fingerprint density at radius 3 is 2.31 bits per heavy atom. The molecule has 17 nitrogen and oxygen atoms in total. The van der Waals surface area contributed by atoms with Gasteiger partial charge in [-0.3, -0.25) is 9.56 Å². The van der Waals surface area contributed by atoms with E-state index >= 15 is 0 Å². The molecule has 0 saturated carbocycles. The summed E-state index contributed by atoms with van der Waals surface area (Å²) in [5.74, 6) is 3.25. The van der Waals surface area contributed by atoms with Crippen LogP contribution in [0.25, 0.3) is 56.1 Å². The van der Waals surface area contributed by atoms with Gasteiger partial charge in [0.2, 0.25) is 17.5 Å². The molecule has 0 saturated heterocycles. The molecule has 11 rings (SSSR count). The van der Waals surface area contributed by atoms with Crippen molar-refractivity contribution in [3.63, 3.8) is 0 Å². The molecular weight excluding hydrogens is 731 g/mol. The van der Waals surface area contributed by atoms with E-state index in [0.29, 0.717) is 29.7 Å². The van der Waals surface area contributed by atoms with Crippen molar-refractivity contribution in [3.8, 4) is 17.2 Å². The van der Waals surface area contributed by atoms with Crippen molar-refractivity contribution in [2.45, 2.75) is 20.3 Å². The van der Waals surface area contributed by atoms with E-state index in [-0.39, 0.29) is 5.92 Å². The Labute approximate surface area is 329 Å². The number of hydrogen-bond donors (Lipinski definition) is 2. The summed E-state index contributed by atoms with van der Waals surface area (Å²) >= 11 is 0. The van der Waals surface area contributed by atoms with Gasteiger partial charge in [-0.05, 0) is 49.4 Å². The average Bonchev–Trinajstić information content (AvgIpc) is 4.09. The molecule has 1 atom stereocenters. The third-order valence-corrected chi connectivity index (χ3v) is 10.5. The van der Waals surface area contributed by atoms with Gasteiger partial charge in [0.05, 0.1) is 45.0 Å². The minimum Gasteiger partial charge on any atom is -0.343 e. The highest BCUT2D eigenvalue weighted by Gasteiger charge is 2.25. The summed E-state index contributed by atoms with van der Waals surface area (Å²) < 4.78 is 9.48. The highest BCUT2D eigenvalue weighted by atomic mass is 15.3. The average molecular weight is 764 g/mol. The summed E-state index contributed by atoms with van der Waals surface area (Å²) in [6.07, 6.45) is 20.4. The van der Waals surface area contributed by atoms with E-state index in [0.717, 1.165) is 72.9 Å². The predicted octanol–water partition coefficient (Wildman–Crippen LogP) is 6.74. The number of imidazole rings is 2. The molecule has 0 fully saturated rings. The Balaban J connectivity index is 1.10. The molecule has 58 heavy (non-hydrogen) atoms. The number of aliphatic imine (C=N–C) groups is 2. The SMILES string of the molecule is C/C=N\c1cc(-n2cccn2)cc(NC2=NC=CC2C)c1Cc1nc2ncnc3nc(-n4cnc5cc(-n6cccn6)cc(Nc6nccn6C)c54)c4ccc1c4n23. The minimum absolute atomic E-state index is 0.125. The van der Waals surface area contributed by atoms with Gasteiger partial charge in [0.1, 0.15) is 18.5 Å². The third kappa shape index (κ3) is 5.31. The van der Waals surface area contributed by atoms with Crippen LogP contribution in [-0.2, 0) is 13.5 Å². The fourth-order valence-electron chi connectivity index (χ4n) is 7.68. The fourth-order valence-corrected chi connectivity index (χ4v) is 7.68. The van der Waals surface area contributed by atoms with Crippen molar-refractivity contribution in [2.75, 3.05) is 10.6 Å². The summed E-state index contributed by atoms with van der Waals surface area (Å²) in [5.41, 5.74) is 8.38. The molecule has 0 spiro atoms. The molecule has 8 heterocycles. The normalized spacial score (nSPS) is 14.3. The number of nitrogens with zero attached hydrogens (tertiary/aromatic N) is 15. The van der Waals surface area contributed by atoms with Gasteiger partial charge in [0.25, 0.3) is 0 Å². The van der Waals surface area contributed by atoms with Gasteiger partial charge in [0.15, 0.2) is 5.82 Å². The van der Waals surface area contributed by atoms with Crippen molar-refractivity contribution in [1.29, 1.82) is 0 Å². The first-order chi connectivity index (χ1) is 28.5. The van der Waals surface area contributed by atoms with Crippen molar-refractivity contribution in [1.82, 2.24) is 63.0 Å². The van der Waals surface area contributed by atoms with E-state index in [4.69, 9.17) is 19.9 Å². The maximum absolute atomic E-state index is 5.16. The maximum Gasteiger partial charge on any atom is 0.240 e. The summed E-state index contributed by atoms with van der Waals surface area (Å²) in [6.45, 7) is 4.03. The molecule has 7 aromatic heterocycles. The molecule has 1 unspecified atom stereocenters. The maximum atomic E-state index is 5.16. The molecular formula is C41H33N17. The van der Waals surface area contributed by atoms with Crippen LogP contribution in [-0.4, -0.2) is 75.0 Å². The van der Waals surface area contributed by atoms with Crippen LogP contribution in [0.2, 0.25) is 0 Å². The van der Waals surface area contributed by atoms with Crippen molar-refractivity contribution >= 4 is 73.9 Å². The molecule has 0 bridgehead atoms. The van der Waals surface area contributed by atoms with Gasteiger partial charge in [-0.1, -0.05) is 19.1 Å². The summed E-state index contributed by atoms with van der Waals surface area (Å²) in [4.78, 5) is 38.5. The number of hydrogen-bond acceptors (Lipinski definition) is 12. The number of aromatic nitrogens is 13. The number of anilines is 3. The zero-order valence-corrected chi connectivity index (χ0v) is 31.5. The summed E-state index contributed by atoms with van der Waals surface area (Å²) in [6, 6.07) is 16.1. The number of amidine groups is 1. The van der Waals surface area contributed by atoms with Crippen molar-refractivity contribution < 1.29 is 0 Å². The predicted molar refractivity (Wildman–Crippen MR) is 223 cm³/mol. The van der Waals surface area contributed by atoms with Crippen LogP contribution in [0.3, 0.4) is 0 Å². The number of aryl methyl sites for hydroxylation is 1. The summed E-state index contributed by atoms with van der Waals surface area (Å²) in [5, 5.41) is 18.0. The van der Waals surface area contributed by atoms with Crippen LogP contribution in [0, 0.1) is 5.92 Å². The van der Waals surface area contributed by atoms with Gasteiger partial charge in [-0.15, -0.1) is 0 Å². The first-order valence-electron chi connectivity index (χ1n) is 18.7. The Morgan fingerprint density at radius 1 is 0.810 bits per heavy atom. The lowest BCUT2D eigenvalue weighted by Crippen LogP contribution is -2.18. The van der Waals surface area contributed by atoms with Gasteiger partial charge in [0, 0.05) is 91.0 Å². The van der Waals surface area contributed by atoms with Gasteiger partial charge in [-0.25, -0.2) is 43.7 Å². The highest BCUT2D eigenvalue weighted by Crippen LogP contribution is 2.39. The monoisotopic (exact) mass is 763 g/mol. The molecule has 0 radical (unpaired) electrons. The van der Waals surface area contributed by atoms with E-state index in [1.807, 2.05) is 92.0 Å². The largest absolute Gasteiger partial charge is 0.343 e. The molecule has 3 aromatic carbocycles. The lowest BCUT2D eigenvalue weighted by atomic mass is 10.0. The molecule has 0 aliphatic carbocycles. The second kappa shape index (κ2) is 13.0. The summed E-state index contributed by atoms with van der Waals surface area (Å²) in [7, 11) is 1.94. The van der Waals surface area contributed by atoms with Crippen molar-refractivity contribution in [2.24, 2.45) is 23.0 Å². The first-order valence-corrected chi connectivity index (χ1v) is 18.7. The smallest absolute Gasteiger partial charge is 0.240 e. The number of benzene rings is 2. The molecule has 0 amide bonds. The second-order valence-electron chi connectivity index (χ2n) is 14.0. The number of fused-ring (bicyclic) bond motifs is 1. The molecule has 17 heteroatoms. The van der Waals surface area contributed by atoms with E-state index in [1.54, 1.807) is 31.1 Å². The number of nitrogens with one attached hydrogen (secondary N) is 2. The highest BCUT2D eigenvalue weighted by molar-refractivity contribution is 6.06. The van der Waals surface area contributed by atoms with Crippen molar-refractivity contribution in [3.05, 3.63) is 122 Å². The fraction of sp³-hybridized carbons (Fsp3) is 0.122. The van der Waals surface area contributed by atoms with Gasteiger partial charge < -0.3 is 15.2 Å². The zero-order chi connectivity index (χ0) is 38.9. The standard InChI is InChI=1S/C41H33N17/c1-4-42-30-17-25(56-14-5-10-48-56)18-31(50-37-24(2)9-12-43-37)29(30)21-32-27-7-8-28-35(27)58-40(51-32)45-22-46-41(58)53-38(28)55-23-47-33-19-26(57-15-6-11-49-57)20-34(36(33)55)52-39-44-13-16-54(39)3/h4-20,22-24H,21H2,1-3H3,(H,43,50)(H,44,52)/b42-4-. The van der Waals surface area contributed by atoms with Crippen LogP contribution in [0.5, 0.6) is 0 Å². The van der Waals surface area contributed by atoms with E-state index in [1.165, 1.54) is 6.33 Å². The van der Waals surface area contributed by atoms with Crippen LogP contribution in [0.1, 0.15) is 25.1 Å². The zero-order valence-electron chi connectivity index (χ0n) is 31.5. The number of rotatable bonds is 9. The first kappa shape index (κ1) is 33.3. The van der Waals surface area contributed by atoms with Gasteiger partial charge >= 0.3 is 0 Å². The molecule has 2 N–H and O–H groups in total. The van der Waals surface area contributed by atoms with Crippen LogP contribution < -0.4 is 10.6 Å². The Bertz CT molecular complexity index is 3250. The van der Waals surface area contributed by atoms with E-state index < -0.39 is 0 Å². The van der Waals surface area contributed by atoms with E-state index in [2.05, 4.69) is 72.0 Å². The Morgan fingerprint density at radius 2 is 1.59 bits per heavy atom. The molecule has 10 aromatic rings. The van der Waals surface area contributed by atoms with Crippen LogP contribution >= 0.6 is 0 Å². The lowest BCUT2D eigenvalue weighted by molar-refractivity contribution is 0.879. The van der Waals surface area contributed by atoms with Gasteiger partial charge in [-0.2, -0.15) is 15.2 Å². The van der Waals surface area contributed by atoms with Crippen LogP contribution in [0.4, 0.5) is 23.0 Å². The quantitative estimate of drug-likeness (QED) is 0.150. The lowest BCUT2D eigenvalue weighted by Gasteiger charge is -2.19. The molecule has 1 aliphatic rings. The third-order valence-electron chi connectivity index (χ3n) is 10.5. The molecule has 1 aliphatic heterocycles. The molecule has 282 valence electrons. The van der Waals surface area contributed by atoms with E-state index in [9.17, 15) is 0 Å². The second-order valence-corrected chi connectivity index (χ2v) is 14.0.